The molecule has 0 saturated carbocycles. The Bertz CT molecular complexity index is 320. The van der Waals surface area contributed by atoms with Crippen LogP contribution < -0.4 is 5.73 Å². The Morgan fingerprint density at radius 1 is 1.44 bits per heavy atom. The van der Waals surface area contributed by atoms with Crippen LogP contribution in [0.25, 0.3) is 0 Å². The van der Waals surface area contributed by atoms with E-state index in [4.69, 9.17) is 15.2 Å². The third-order valence-corrected chi connectivity index (χ3v) is 3.68. The van der Waals surface area contributed by atoms with Crippen molar-refractivity contribution in [3.8, 4) is 0 Å². The van der Waals surface area contributed by atoms with Crippen LogP contribution in [0.15, 0.2) is 18.4 Å². The van der Waals surface area contributed by atoms with Gasteiger partial charge in [-0.15, -0.1) is 5.73 Å². The van der Waals surface area contributed by atoms with Crippen molar-refractivity contribution in [2.45, 2.75) is 58.0 Å². The van der Waals surface area contributed by atoms with Crippen LogP contribution in [0.3, 0.4) is 0 Å². The summed E-state index contributed by atoms with van der Waals surface area (Å²) >= 11 is 0. The van der Waals surface area contributed by atoms with Gasteiger partial charge in [0.1, 0.15) is 5.60 Å². The molecule has 2 N–H and O–H groups in total. The summed E-state index contributed by atoms with van der Waals surface area (Å²) in [6.45, 7) is 12.3. The van der Waals surface area contributed by atoms with Gasteiger partial charge in [-0.2, -0.15) is 0 Å². The van der Waals surface area contributed by atoms with Crippen LogP contribution in [-0.4, -0.2) is 31.0 Å². The van der Waals surface area contributed by atoms with Crippen molar-refractivity contribution in [3.63, 3.8) is 0 Å². The van der Waals surface area contributed by atoms with Crippen molar-refractivity contribution in [1.82, 2.24) is 0 Å². The first kappa shape index (κ1) is 15.5. The molecule has 4 atom stereocenters. The number of hydrogen-bond acceptors (Lipinski definition) is 3. The summed E-state index contributed by atoms with van der Waals surface area (Å²) in [6.07, 6.45) is 2.76. The minimum Gasteiger partial charge on any atom is -0.370 e. The molecule has 18 heavy (non-hydrogen) atoms. The number of methoxy groups -OCH3 is 1. The van der Waals surface area contributed by atoms with Crippen LogP contribution in [0.1, 0.15) is 34.1 Å². The highest BCUT2D eigenvalue weighted by molar-refractivity contribution is 5.18. The summed E-state index contributed by atoms with van der Waals surface area (Å²) in [7, 11) is 1.68. The summed E-state index contributed by atoms with van der Waals surface area (Å²) in [5, 5.41) is 0. The van der Waals surface area contributed by atoms with Crippen molar-refractivity contribution >= 4 is 0 Å². The molecule has 0 bridgehead atoms. The fourth-order valence-electron chi connectivity index (χ4n) is 2.85. The standard InChI is InChI=1S/C15H27NO2/c1-7-8-15(17-6)13(16)12(9-10(2)3)18-14(15)11(4)5/h8,10-14H,1,9,16H2,2-6H3/t12-,13-,14+,15-/m1/s1. The molecule has 1 aliphatic rings. The van der Waals surface area contributed by atoms with Gasteiger partial charge in [-0.25, -0.2) is 0 Å². The van der Waals surface area contributed by atoms with E-state index in [1.807, 2.05) is 6.08 Å². The highest BCUT2D eigenvalue weighted by Gasteiger charge is 2.54. The lowest BCUT2D eigenvalue weighted by molar-refractivity contribution is -0.0691. The van der Waals surface area contributed by atoms with E-state index in [1.165, 1.54) is 0 Å². The van der Waals surface area contributed by atoms with Crippen LogP contribution in [0.2, 0.25) is 0 Å². The minimum absolute atomic E-state index is 0.0296. The second-order valence-electron chi connectivity index (χ2n) is 5.90. The average Bonchev–Trinajstić information content (AvgIpc) is 2.55. The number of rotatable bonds is 5. The lowest BCUT2D eigenvalue weighted by atomic mass is 9.82. The van der Waals surface area contributed by atoms with Gasteiger partial charge in [0, 0.05) is 7.11 Å². The first-order chi connectivity index (χ1) is 8.39. The molecule has 0 aromatic rings. The summed E-state index contributed by atoms with van der Waals surface area (Å²) < 4.78 is 11.9. The zero-order valence-corrected chi connectivity index (χ0v) is 12.3. The Balaban J connectivity index is 3.07. The maximum Gasteiger partial charge on any atom is 0.137 e. The van der Waals surface area contributed by atoms with Gasteiger partial charge in [-0.05, 0) is 24.3 Å². The third-order valence-electron chi connectivity index (χ3n) is 3.68. The van der Waals surface area contributed by atoms with Crippen LogP contribution in [0, 0.1) is 11.8 Å². The first-order valence-corrected chi connectivity index (χ1v) is 6.72. The van der Waals surface area contributed by atoms with Crippen molar-refractivity contribution in [1.29, 1.82) is 0 Å². The number of nitrogens with two attached hydrogens (primary N) is 1. The molecule has 0 spiro atoms. The Kier molecular flexibility index (Phi) is 5.18. The summed E-state index contributed by atoms with van der Waals surface area (Å²) in [6, 6.07) is -0.174. The minimum atomic E-state index is -0.602. The molecular formula is C15H27NO2. The fourth-order valence-corrected chi connectivity index (χ4v) is 2.85. The smallest absolute Gasteiger partial charge is 0.137 e. The van der Waals surface area contributed by atoms with Gasteiger partial charge in [0.05, 0.1) is 18.2 Å². The molecule has 1 heterocycles. The molecule has 104 valence electrons. The lowest BCUT2D eigenvalue weighted by Crippen LogP contribution is -2.54. The summed E-state index contributed by atoms with van der Waals surface area (Å²) in [5.41, 5.74) is 8.61. The molecule has 3 nitrogen and oxygen atoms in total. The van der Waals surface area contributed by atoms with Gasteiger partial charge in [0.25, 0.3) is 0 Å². The zero-order valence-electron chi connectivity index (χ0n) is 12.3. The van der Waals surface area contributed by atoms with E-state index in [2.05, 4.69) is 40.0 Å². The average molecular weight is 253 g/mol. The largest absolute Gasteiger partial charge is 0.370 e. The van der Waals surface area contributed by atoms with Gasteiger partial charge >= 0.3 is 0 Å². The van der Waals surface area contributed by atoms with Crippen LogP contribution in [0.5, 0.6) is 0 Å². The molecule has 1 aliphatic heterocycles. The highest BCUT2D eigenvalue weighted by Crippen LogP contribution is 2.39. The van der Waals surface area contributed by atoms with Crippen LogP contribution in [0.4, 0.5) is 0 Å². The quantitative estimate of drug-likeness (QED) is 0.766. The SMILES string of the molecule is C=C=C[C@@]1(OC)[C@H](N)[C@@H](CC(C)C)O[C@H]1C(C)C. The Hall–Kier alpha value is -0.600. The van der Waals surface area contributed by atoms with Gasteiger partial charge in [-0.3, -0.25) is 0 Å². The zero-order chi connectivity index (χ0) is 13.9. The monoisotopic (exact) mass is 253 g/mol. The molecule has 0 amide bonds. The molecule has 0 unspecified atom stereocenters. The summed E-state index contributed by atoms with van der Waals surface area (Å²) in [4.78, 5) is 0. The lowest BCUT2D eigenvalue weighted by Gasteiger charge is -2.34. The molecular weight excluding hydrogens is 226 g/mol. The van der Waals surface area contributed by atoms with E-state index in [0.717, 1.165) is 6.42 Å². The van der Waals surface area contributed by atoms with Gasteiger partial charge in [-0.1, -0.05) is 34.3 Å². The van der Waals surface area contributed by atoms with E-state index < -0.39 is 5.60 Å². The molecule has 0 aliphatic carbocycles. The molecule has 0 aromatic heterocycles. The second kappa shape index (κ2) is 6.03. The highest BCUT2D eigenvalue weighted by atomic mass is 16.6. The van der Waals surface area contributed by atoms with Crippen molar-refractivity contribution in [2.24, 2.45) is 17.6 Å². The number of hydrogen-bond donors (Lipinski definition) is 1. The maximum absolute atomic E-state index is 6.38. The van der Waals surface area contributed by atoms with Crippen molar-refractivity contribution in [2.75, 3.05) is 7.11 Å². The first-order valence-electron chi connectivity index (χ1n) is 6.72. The second-order valence-corrected chi connectivity index (χ2v) is 5.90. The van der Waals surface area contributed by atoms with E-state index in [9.17, 15) is 0 Å². The predicted octanol–water partition coefficient (Wildman–Crippen LogP) is 2.51. The Labute approximate surface area is 111 Å². The topological polar surface area (TPSA) is 44.5 Å². The fraction of sp³-hybridized carbons (Fsp3) is 0.800. The maximum atomic E-state index is 6.38. The van der Waals surface area contributed by atoms with Crippen molar-refractivity contribution < 1.29 is 9.47 Å². The van der Waals surface area contributed by atoms with Crippen LogP contribution >= 0.6 is 0 Å². The van der Waals surface area contributed by atoms with E-state index in [0.29, 0.717) is 11.8 Å². The molecule has 1 saturated heterocycles. The molecule has 3 heteroatoms. The normalized spacial score (nSPS) is 36.1. The molecule has 0 radical (unpaired) electrons. The Morgan fingerprint density at radius 2 is 2.06 bits per heavy atom. The Morgan fingerprint density at radius 3 is 2.44 bits per heavy atom. The summed E-state index contributed by atoms with van der Waals surface area (Å²) in [5.74, 6) is 0.881. The van der Waals surface area contributed by atoms with E-state index in [1.54, 1.807) is 7.11 Å². The van der Waals surface area contributed by atoms with Crippen molar-refractivity contribution in [3.05, 3.63) is 18.4 Å². The predicted molar refractivity (Wildman–Crippen MR) is 74.4 cm³/mol. The molecule has 0 aromatic carbocycles. The van der Waals surface area contributed by atoms with Gasteiger partial charge < -0.3 is 15.2 Å². The van der Waals surface area contributed by atoms with E-state index >= 15 is 0 Å². The number of ether oxygens (including phenoxy) is 2. The van der Waals surface area contributed by atoms with E-state index in [-0.39, 0.29) is 18.2 Å². The van der Waals surface area contributed by atoms with Gasteiger partial charge in [0.2, 0.25) is 0 Å². The third kappa shape index (κ3) is 2.70. The molecule has 1 fully saturated rings. The molecule has 1 rings (SSSR count). The van der Waals surface area contributed by atoms with Crippen LogP contribution in [-0.2, 0) is 9.47 Å². The van der Waals surface area contributed by atoms with Gasteiger partial charge in [0.15, 0.2) is 0 Å².